The fraction of sp³-hybridized carbons (Fsp3) is 0.353. The lowest BCUT2D eigenvalue weighted by Gasteiger charge is -2.13. The summed E-state index contributed by atoms with van der Waals surface area (Å²) < 4.78 is 6.68. The Balaban J connectivity index is 1.72. The molecule has 6 nitrogen and oxygen atoms in total. The molecule has 27 heavy (non-hydrogen) atoms. The van der Waals surface area contributed by atoms with Crippen LogP contribution < -0.4 is 10.9 Å². The van der Waals surface area contributed by atoms with Gasteiger partial charge in [0, 0.05) is 25.0 Å². The van der Waals surface area contributed by atoms with E-state index in [9.17, 15) is 9.59 Å². The Labute approximate surface area is 175 Å². The topological polar surface area (TPSA) is 73.2 Å². The number of thioether (sulfide) groups is 2. The van der Waals surface area contributed by atoms with Crippen molar-refractivity contribution in [2.24, 2.45) is 0 Å². The number of rotatable bonds is 7. The van der Waals surface area contributed by atoms with Crippen LogP contribution in [0.3, 0.4) is 0 Å². The summed E-state index contributed by atoms with van der Waals surface area (Å²) in [6.45, 7) is 0.793. The number of aromatic nitrogens is 2. The van der Waals surface area contributed by atoms with Crippen molar-refractivity contribution in [2.45, 2.75) is 23.0 Å². The van der Waals surface area contributed by atoms with Crippen LogP contribution in [0.2, 0.25) is 10.0 Å². The molecule has 0 aliphatic carbocycles. The minimum absolute atomic E-state index is 0.0630. The van der Waals surface area contributed by atoms with Gasteiger partial charge in [-0.2, -0.15) is 0 Å². The molecule has 1 aliphatic rings. The molecule has 0 spiro atoms. The second-order valence-corrected chi connectivity index (χ2v) is 8.55. The van der Waals surface area contributed by atoms with Crippen LogP contribution in [0.5, 0.6) is 0 Å². The number of hydrogen-bond acceptors (Lipinski definition) is 6. The number of halogens is 2. The molecular formula is C17H17Cl2N3O3S2. The van der Waals surface area contributed by atoms with E-state index in [0.717, 1.165) is 17.9 Å². The van der Waals surface area contributed by atoms with E-state index in [-0.39, 0.29) is 17.2 Å². The van der Waals surface area contributed by atoms with Crippen molar-refractivity contribution in [3.05, 3.63) is 44.3 Å². The van der Waals surface area contributed by atoms with Crippen molar-refractivity contribution in [1.82, 2.24) is 9.55 Å². The molecule has 0 bridgehead atoms. The van der Waals surface area contributed by atoms with Crippen LogP contribution in [-0.2, 0) is 22.5 Å². The number of nitrogens with zero attached hydrogens (tertiary/aromatic N) is 2. The number of anilines is 1. The van der Waals surface area contributed by atoms with Gasteiger partial charge in [-0.25, -0.2) is 4.98 Å². The highest BCUT2D eigenvalue weighted by Crippen LogP contribution is 2.29. The minimum Gasteiger partial charge on any atom is -0.383 e. The van der Waals surface area contributed by atoms with E-state index < -0.39 is 0 Å². The van der Waals surface area contributed by atoms with Gasteiger partial charge >= 0.3 is 0 Å². The van der Waals surface area contributed by atoms with Gasteiger partial charge in [-0.1, -0.05) is 35.0 Å². The zero-order valence-electron chi connectivity index (χ0n) is 14.5. The quantitative estimate of drug-likeness (QED) is 0.518. The molecule has 10 heteroatoms. The van der Waals surface area contributed by atoms with Gasteiger partial charge in [-0.15, -0.1) is 11.8 Å². The number of nitrogens with one attached hydrogen (secondary N) is 1. The van der Waals surface area contributed by atoms with Gasteiger partial charge < -0.3 is 10.1 Å². The summed E-state index contributed by atoms with van der Waals surface area (Å²) in [5.74, 6) is 0.750. The molecule has 0 saturated carbocycles. The number of benzene rings is 1. The highest BCUT2D eigenvalue weighted by atomic mass is 35.5. The number of carbonyl (C=O) groups is 1. The Morgan fingerprint density at radius 2 is 2.22 bits per heavy atom. The van der Waals surface area contributed by atoms with Crippen molar-refractivity contribution < 1.29 is 9.53 Å². The maximum Gasteiger partial charge on any atom is 0.268 e. The van der Waals surface area contributed by atoms with E-state index >= 15 is 0 Å². The monoisotopic (exact) mass is 445 g/mol. The van der Waals surface area contributed by atoms with Crippen LogP contribution >= 0.6 is 46.7 Å². The average Bonchev–Trinajstić information content (AvgIpc) is 3.11. The normalized spacial score (nSPS) is 12.9. The van der Waals surface area contributed by atoms with Crippen LogP contribution in [0.15, 0.2) is 33.0 Å². The van der Waals surface area contributed by atoms with E-state index in [0.29, 0.717) is 38.9 Å². The minimum atomic E-state index is -0.221. The molecule has 0 atom stereocenters. The number of fused-ring (bicyclic) bond motifs is 1. The molecule has 1 aromatic heterocycles. The van der Waals surface area contributed by atoms with Gasteiger partial charge in [-0.3, -0.25) is 14.2 Å². The lowest BCUT2D eigenvalue weighted by Crippen LogP contribution is -2.27. The molecule has 0 unspecified atom stereocenters. The van der Waals surface area contributed by atoms with Crippen molar-refractivity contribution in [3.8, 4) is 0 Å². The van der Waals surface area contributed by atoms with Crippen LogP contribution in [0.1, 0.15) is 5.69 Å². The van der Waals surface area contributed by atoms with Gasteiger partial charge in [0.1, 0.15) is 0 Å². The molecule has 1 N–H and O–H groups in total. The predicted molar refractivity (Wildman–Crippen MR) is 111 cm³/mol. The first-order valence-electron chi connectivity index (χ1n) is 8.12. The highest BCUT2D eigenvalue weighted by molar-refractivity contribution is 8.00. The average molecular weight is 446 g/mol. The summed E-state index contributed by atoms with van der Waals surface area (Å²) in [7, 11) is 1.58. The number of hydrogen-bond donors (Lipinski definition) is 1. The van der Waals surface area contributed by atoms with E-state index in [2.05, 4.69) is 10.3 Å². The lowest BCUT2D eigenvalue weighted by molar-refractivity contribution is -0.113. The Bertz CT molecular complexity index is 921. The first kappa shape index (κ1) is 20.5. The fourth-order valence-electron chi connectivity index (χ4n) is 2.51. The highest BCUT2D eigenvalue weighted by Gasteiger charge is 2.22. The molecule has 0 radical (unpaired) electrons. The molecule has 1 aliphatic heterocycles. The van der Waals surface area contributed by atoms with Gasteiger partial charge in [0.2, 0.25) is 5.91 Å². The Hall–Kier alpha value is -1.19. The maximum atomic E-state index is 12.7. The van der Waals surface area contributed by atoms with E-state index in [1.165, 1.54) is 23.5 Å². The van der Waals surface area contributed by atoms with Crippen molar-refractivity contribution >= 4 is 58.3 Å². The summed E-state index contributed by atoms with van der Waals surface area (Å²) >= 11 is 14.6. The van der Waals surface area contributed by atoms with Gasteiger partial charge in [-0.05, 0) is 18.2 Å². The number of aryl methyl sites for hydroxylation is 1. The Morgan fingerprint density at radius 1 is 1.41 bits per heavy atom. The first-order valence-corrected chi connectivity index (χ1v) is 10.9. The smallest absolute Gasteiger partial charge is 0.268 e. The molecule has 3 rings (SSSR count). The third kappa shape index (κ3) is 5.00. The number of carbonyl (C=O) groups excluding carboxylic acids is 1. The fourth-order valence-corrected chi connectivity index (χ4v) is 4.70. The summed E-state index contributed by atoms with van der Waals surface area (Å²) in [6.07, 6.45) is 0.767. The van der Waals surface area contributed by atoms with Gasteiger partial charge in [0.15, 0.2) is 5.16 Å². The number of methoxy groups -OCH3 is 1. The molecule has 2 aromatic rings. The SMILES string of the molecule is COCCn1c(SCC(=O)Nc2ccc(Cl)c(Cl)c2)nc2c(c1=O)SCC2. The summed E-state index contributed by atoms with van der Waals surface area (Å²) in [5, 5.41) is 4.08. The van der Waals surface area contributed by atoms with Crippen LogP contribution in [0.25, 0.3) is 0 Å². The zero-order valence-corrected chi connectivity index (χ0v) is 17.6. The number of amides is 1. The van der Waals surface area contributed by atoms with Crippen molar-refractivity contribution in [1.29, 1.82) is 0 Å². The van der Waals surface area contributed by atoms with Crippen molar-refractivity contribution in [2.75, 3.05) is 30.5 Å². The van der Waals surface area contributed by atoms with Crippen LogP contribution in [0.4, 0.5) is 5.69 Å². The number of ether oxygens (including phenoxy) is 1. The third-order valence-corrected chi connectivity index (χ3v) is 6.63. The molecule has 1 aromatic carbocycles. The largest absolute Gasteiger partial charge is 0.383 e. The maximum absolute atomic E-state index is 12.7. The van der Waals surface area contributed by atoms with Crippen molar-refractivity contribution in [3.63, 3.8) is 0 Å². The standard InChI is InChI=1S/C17H17Cl2N3O3S2/c1-25-6-5-22-16(24)15-13(4-7-26-15)21-17(22)27-9-14(23)20-10-2-3-11(18)12(19)8-10/h2-3,8H,4-7,9H2,1H3,(H,20,23). The second kappa shape index (κ2) is 9.34. The van der Waals surface area contributed by atoms with E-state index in [4.69, 9.17) is 27.9 Å². The molecule has 144 valence electrons. The lowest BCUT2D eigenvalue weighted by atomic mass is 10.3. The second-order valence-electron chi connectivity index (χ2n) is 5.68. The molecule has 0 saturated heterocycles. The predicted octanol–water partition coefficient (Wildman–Crippen LogP) is 3.58. The van der Waals surface area contributed by atoms with E-state index in [1.54, 1.807) is 29.9 Å². The Morgan fingerprint density at radius 3 is 2.96 bits per heavy atom. The summed E-state index contributed by atoms with van der Waals surface area (Å²) in [6, 6.07) is 4.89. The molecule has 1 amide bonds. The van der Waals surface area contributed by atoms with Crippen LogP contribution in [0, 0.1) is 0 Å². The summed E-state index contributed by atoms with van der Waals surface area (Å²) in [5.41, 5.74) is 1.31. The zero-order chi connectivity index (χ0) is 19.4. The molecule has 2 heterocycles. The van der Waals surface area contributed by atoms with Gasteiger partial charge in [0.25, 0.3) is 5.56 Å². The summed E-state index contributed by atoms with van der Waals surface area (Å²) in [4.78, 5) is 30.3. The molecule has 0 fully saturated rings. The Kier molecular flexibility index (Phi) is 7.10. The van der Waals surface area contributed by atoms with Crippen LogP contribution in [-0.4, -0.2) is 40.7 Å². The van der Waals surface area contributed by atoms with E-state index in [1.807, 2.05) is 0 Å². The third-order valence-electron chi connectivity index (χ3n) is 3.80. The first-order chi connectivity index (χ1) is 13.0. The van der Waals surface area contributed by atoms with Gasteiger partial charge in [0.05, 0.1) is 39.5 Å². The molecular weight excluding hydrogens is 429 g/mol.